The molecule has 126 valence electrons. The minimum absolute atomic E-state index is 0.297. The molecule has 24 heavy (non-hydrogen) atoms. The number of benzene rings is 1. The second kappa shape index (κ2) is 7.01. The van der Waals surface area contributed by atoms with Gasteiger partial charge in [-0.1, -0.05) is 36.4 Å². The van der Waals surface area contributed by atoms with E-state index in [-0.39, 0.29) is 11.6 Å². The molecule has 2 heterocycles. The molecule has 0 radical (unpaired) electrons. The highest BCUT2D eigenvalue weighted by molar-refractivity contribution is 5.93. The lowest BCUT2D eigenvalue weighted by molar-refractivity contribution is 0.0781. The van der Waals surface area contributed by atoms with Gasteiger partial charge in [-0.2, -0.15) is 0 Å². The van der Waals surface area contributed by atoms with Gasteiger partial charge in [0.2, 0.25) is 0 Å². The summed E-state index contributed by atoms with van der Waals surface area (Å²) in [5.74, 6) is 0.0393. The summed E-state index contributed by atoms with van der Waals surface area (Å²) >= 11 is 0. The van der Waals surface area contributed by atoms with Crippen molar-refractivity contribution >= 4 is 5.91 Å². The van der Waals surface area contributed by atoms with E-state index in [0.29, 0.717) is 11.6 Å². The number of allylic oxidation sites excluding steroid dienone is 2. The lowest BCUT2D eigenvalue weighted by atomic mass is 10.00. The highest BCUT2D eigenvalue weighted by Crippen LogP contribution is 2.22. The van der Waals surface area contributed by atoms with Gasteiger partial charge < -0.3 is 4.74 Å². The normalized spacial score (nSPS) is 15.9. The number of hydrogen-bond donors (Lipinski definition) is 0. The average molecular weight is 326 g/mol. The van der Waals surface area contributed by atoms with Crippen molar-refractivity contribution in [2.75, 3.05) is 13.2 Å². The summed E-state index contributed by atoms with van der Waals surface area (Å²) in [6.07, 6.45) is 5.27. The minimum Gasteiger partial charge on any atom is -0.381 e. The number of nitrogens with zero attached hydrogens (tertiary/aromatic N) is 2. The molecule has 0 saturated carbocycles. The Morgan fingerprint density at radius 3 is 2.54 bits per heavy atom. The van der Waals surface area contributed by atoms with Crippen LogP contribution in [0.2, 0.25) is 0 Å². The van der Waals surface area contributed by atoms with Crippen LogP contribution in [0, 0.1) is 12.8 Å². The molecule has 5 heteroatoms. The van der Waals surface area contributed by atoms with Gasteiger partial charge in [-0.15, -0.1) is 0 Å². The summed E-state index contributed by atoms with van der Waals surface area (Å²) in [4.78, 5) is 25.2. The summed E-state index contributed by atoms with van der Waals surface area (Å²) in [6.45, 7) is 3.31. The van der Waals surface area contributed by atoms with Gasteiger partial charge in [0.05, 0.1) is 5.69 Å². The second-order valence-corrected chi connectivity index (χ2v) is 6.12. The van der Waals surface area contributed by atoms with E-state index < -0.39 is 0 Å². The standard InChI is InChI=1S/C19H22N2O3/c1-14-18(16-6-4-3-5-7-16)21(19(23)20(14)2)17(22)9-8-15-10-12-24-13-11-15/h3-9,15H,10-13H2,1-2H3. The Kier molecular flexibility index (Phi) is 4.81. The Labute approximate surface area is 141 Å². The van der Waals surface area contributed by atoms with E-state index in [1.165, 1.54) is 15.2 Å². The molecule has 1 aromatic heterocycles. The fraction of sp³-hybridized carbons (Fsp3) is 0.368. The monoisotopic (exact) mass is 326 g/mol. The predicted octanol–water partition coefficient (Wildman–Crippen LogP) is 2.79. The van der Waals surface area contributed by atoms with Crippen molar-refractivity contribution in [3.05, 3.63) is 58.7 Å². The van der Waals surface area contributed by atoms with Gasteiger partial charge in [0.1, 0.15) is 0 Å². The van der Waals surface area contributed by atoms with Gasteiger partial charge >= 0.3 is 5.69 Å². The van der Waals surface area contributed by atoms with Crippen LogP contribution in [0.5, 0.6) is 0 Å². The van der Waals surface area contributed by atoms with Crippen molar-refractivity contribution in [2.24, 2.45) is 13.0 Å². The molecule has 1 aliphatic rings. The maximum absolute atomic E-state index is 12.7. The predicted molar refractivity (Wildman–Crippen MR) is 93.2 cm³/mol. The van der Waals surface area contributed by atoms with Crippen LogP contribution in [-0.2, 0) is 11.8 Å². The van der Waals surface area contributed by atoms with Gasteiger partial charge in [0.25, 0.3) is 5.91 Å². The van der Waals surface area contributed by atoms with Crippen LogP contribution in [0.3, 0.4) is 0 Å². The Morgan fingerprint density at radius 1 is 1.21 bits per heavy atom. The number of rotatable bonds is 3. The van der Waals surface area contributed by atoms with E-state index in [0.717, 1.165) is 37.3 Å². The fourth-order valence-corrected chi connectivity index (χ4v) is 3.05. The molecule has 0 N–H and O–H groups in total. The lowest BCUT2D eigenvalue weighted by Gasteiger charge is -2.18. The first kappa shape index (κ1) is 16.5. The largest absolute Gasteiger partial charge is 0.381 e. The summed E-state index contributed by atoms with van der Waals surface area (Å²) in [7, 11) is 1.69. The molecular formula is C19H22N2O3. The fourth-order valence-electron chi connectivity index (χ4n) is 3.05. The summed E-state index contributed by atoms with van der Waals surface area (Å²) < 4.78 is 8.11. The van der Waals surface area contributed by atoms with E-state index in [1.807, 2.05) is 43.3 Å². The van der Waals surface area contributed by atoms with Crippen LogP contribution in [-0.4, -0.2) is 28.3 Å². The Hall–Kier alpha value is -2.40. The lowest BCUT2D eigenvalue weighted by Crippen LogP contribution is -2.27. The number of ether oxygens (including phenoxy) is 1. The number of imidazole rings is 1. The van der Waals surface area contributed by atoms with Crippen LogP contribution in [0.4, 0.5) is 0 Å². The van der Waals surface area contributed by atoms with Crippen molar-refractivity contribution in [3.63, 3.8) is 0 Å². The molecule has 1 fully saturated rings. The first-order valence-corrected chi connectivity index (χ1v) is 8.23. The molecule has 0 unspecified atom stereocenters. The van der Waals surface area contributed by atoms with Crippen molar-refractivity contribution in [1.29, 1.82) is 0 Å². The maximum Gasteiger partial charge on any atom is 0.335 e. The highest BCUT2D eigenvalue weighted by Gasteiger charge is 2.20. The van der Waals surface area contributed by atoms with Crippen molar-refractivity contribution in [2.45, 2.75) is 19.8 Å². The molecule has 0 aliphatic carbocycles. The van der Waals surface area contributed by atoms with E-state index >= 15 is 0 Å². The van der Waals surface area contributed by atoms with Gasteiger partial charge in [-0.25, -0.2) is 9.36 Å². The summed E-state index contributed by atoms with van der Waals surface area (Å²) in [5.41, 5.74) is 1.98. The molecule has 3 rings (SSSR count). The number of aromatic nitrogens is 2. The molecule has 0 bridgehead atoms. The van der Waals surface area contributed by atoms with Gasteiger partial charge in [-0.05, 0) is 25.7 Å². The van der Waals surface area contributed by atoms with E-state index in [9.17, 15) is 9.59 Å². The van der Waals surface area contributed by atoms with E-state index in [1.54, 1.807) is 7.05 Å². The molecule has 0 spiro atoms. The van der Waals surface area contributed by atoms with E-state index in [4.69, 9.17) is 4.74 Å². The molecule has 1 aromatic carbocycles. The van der Waals surface area contributed by atoms with Gasteiger partial charge in [0.15, 0.2) is 0 Å². The van der Waals surface area contributed by atoms with Gasteiger partial charge in [-0.3, -0.25) is 9.36 Å². The first-order chi connectivity index (χ1) is 11.6. The zero-order valence-electron chi connectivity index (χ0n) is 14.1. The first-order valence-electron chi connectivity index (χ1n) is 8.23. The summed E-state index contributed by atoms with van der Waals surface area (Å²) in [6, 6.07) is 9.54. The van der Waals surface area contributed by atoms with Crippen LogP contribution in [0.25, 0.3) is 11.3 Å². The molecule has 5 nitrogen and oxygen atoms in total. The molecule has 0 atom stereocenters. The second-order valence-electron chi connectivity index (χ2n) is 6.12. The minimum atomic E-state index is -0.312. The van der Waals surface area contributed by atoms with Gasteiger partial charge in [0, 0.05) is 37.6 Å². The maximum atomic E-state index is 12.7. The third-order valence-corrected chi connectivity index (χ3v) is 4.59. The number of carbonyl (C=O) groups excluding carboxylic acids is 1. The van der Waals surface area contributed by atoms with Crippen molar-refractivity contribution in [1.82, 2.24) is 9.13 Å². The van der Waals surface area contributed by atoms with Crippen LogP contribution in [0.1, 0.15) is 23.3 Å². The molecule has 0 amide bonds. The van der Waals surface area contributed by atoms with Crippen LogP contribution < -0.4 is 5.69 Å². The Balaban J connectivity index is 1.98. The van der Waals surface area contributed by atoms with Crippen molar-refractivity contribution in [3.8, 4) is 11.3 Å². The zero-order valence-corrected chi connectivity index (χ0v) is 14.1. The third-order valence-electron chi connectivity index (χ3n) is 4.59. The molecule has 2 aromatic rings. The SMILES string of the molecule is Cc1c(-c2ccccc2)n(C(=O)C=CC2CCOCC2)c(=O)n1C. The highest BCUT2D eigenvalue weighted by atomic mass is 16.5. The number of hydrogen-bond acceptors (Lipinski definition) is 3. The van der Waals surface area contributed by atoms with Crippen LogP contribution in [0.15, 0.2) is 47.3 Å². The summed E-state index contributed by atoms with van der Waals surface area (Å²) in [5, 5.41) is 0. The Morgan fingerprint density at radius 2 is 1.88 bits per heavy atom. The topological polar surface area (TPSA) is 53.2 Å². The zero-order chi connectivity index (χ0) is 17.1. The van der Waals surface area contributed by atoms with Crippen LogP contribution >= 0.6 is 0 Å². The molecule has 1 aliphatic heterocycles. The third kappa shape index (κ3) is 3.12. The van der Waals surface area contributed by atoms with E-state index in [2.05, 4.69) is 0 Å². The smallest absolute Gasteiger partial charge is 0.335 e. The number of carbonyl (C=O) groups is 1. The molecule has 1 saturated heterocycles. The quantitative estimate of drug-likeness (QED) is 0.815. The van der Waals surface area contributed by atoms with Crippen molar-refractivity contribution < 1.29 is 9.53 Å². The Bertz CT molecular complexity index is 809. The average Bonchev–Trinajstić information content (AvgIpc) is 2.85. The molecular weight excluding hydrogens is 304 g/mol.